The van der Waals surface area contributed by atoms with Crippen molar-refractivity contribution in [2.45, 2.75) is 84.7 Å². The van der Waals surface area contributed by atoms with Crippen molar-refractivity contribution < 1.29 is 28.6 Å². The summed E-state index contributed by atoms with van der Waals surface area (Å²) in [6.45, 7) is 18.6. The molecule has 1 N–H and O–H groups in total. The largest absolute Gasteiger partial charge is 0.459 e. The van der Waals surface area contributed by atoms with Crippen LogP contribution in [0.1, 0.15) is 67.9 Å². The predicted molar refractivity (Wildman–Crippen MR) is 147 cm³/mol. The van der Waals surface area contributed by atoms with Gasteiger partial charge in [0.25, 0.3) is 0 Å². The highest BCUT2D eigenvalue weighted by Crippen LogP contribution is 2.27. The van der Waals surface area contributed by atoms with Crippen molar-refractivity contribution in [3.8, 4) is 0 Å². The van der Waals surface area contributed by atoms with Gasteiger partial charge in [-0.1, -0.05) is 30.3 Å². The first-order valence-electron chi connectivity index (χ1n) is 13.3. The molecule has 1 aliphatic rings. The lowest BCUT2D eigenvalue weighted by Gasteiger charge is -2.39. The third-order valence-corrected chi connectivity index (χ3v) is 5.58. The average molecular weight is 534 g/mol. The summed E-state index contributed by atoms with van der Waals surface area (Å²) in [5.74, 6) is -1.03. The number of esters is 3. The molecule has 1 heterocycles. The van der Waals surface area contributed by atoms with Gasteiger partial charge >= 0.3 is 17.9 Å². The molecular weight excluding hydrogens is 486 g/mol. The van der Waals surface area contributed by atoms with Crippen LogP contribution in [0.4, 0.5) is 0 Å². The summed E-state index contributed by atoms with van der Waals surface area (Å²) in [6, 6.07) is 9.79. The van der Waals surface area contributed by atoms with Gasteiger partial charge in [0.15, 0.2) is 0 Å². The van der Waals surface area contributed by atoms with Crippen LogP contribution in [-0.2, 0) is 34.1 Å². The van der Waals surface area contributed by atoms with Gasteiger partial charge in [-0.25, -0.2) is 0 Å². The summed E-state index contributed by atoms with van der Waals surface area (Å²) in [6.07, 6.45) is 0. The van der Waals surface area contributed by atoms with E-state index in [0.717, 1.165) is 5.56 Å². The summed E-state index contributed by atoms with van der Waals surface area (Å²) in [5, 5.41) is 3.45. The fraction of sp³-hybridized carbons (Fsp3) is 0.690. The Morgan fingerprint density at radius 3 is 1.50 bits per heavy atom. The van der Waals surface area contributed by atoms with Crippen molar-refractivity contribution in [1.82, 2.24) is 15.1 Å². The van der Waals surface area contributed by atoms with Gasteiger partial charge in [-0.2, -0.15) is 0 Å². The number of ether oxygens (including phenoxy) is 3. The smallest absolute Gasteiger partial charge is 0.320 e. The summed E-state index contributed by atoms with van der Waals surface area (Å²) in [7, 11) is 0. The van der Waals surface area contributed by atoms with E-state index in [-0.39, 0.29) is 37.5 Å². The molecule has 0 spiro atoms. The normalized spacial score (nSPS) is 17.4. The average Bonchev–Trinajstić information content (AvgIpc) is 2.89. The number of hydrogen-bond acceptors (Lipinski definition) is 9. The third kappa shape index (κ3) is 11.5. The summed E-state index contributed by atoms with van der Waals surface area (Å²) in [5.41, 5.74) is -1.66. The molecule has 9 heteroatoms. The van der Waals surface area contributed by atoms with Gasteiger partial charge in [0.1, 0.15) is 16.8 Å². The fourth-order valence-corrected chi connectivity index (χ4v) is 4.41. The first-order valence-corrected chi connectivity index (χ1v) is 13.3. The van der Waals surface area contributed by atoms with Crippen LogP contribution in [0.15, 0.2) is 30.3 Å². The highest BCUT2D eigenvalue weighted by atomic mass is 16.6. The van der Waals surface area contributed by atoms with Crippen LogP contribution in [-0.4, -0.2) is 90.3 Å². The van der Waals surface area contributed by atoms with E-state index >= 15 is 0 Å². The number of rotatable bonds is 8. The number of carbonyl (C=O) groups is 3. The maximum absolute atomic E-state index is 12.8. The lowest BCUT2D eigenvalue weighted by Crippen LogP contribution is -2.57. The highest BCUT2D eigenvalue weighted by Gasteiger charge is 2.40. The molecule has 0 unspecified atom stereocenters. The van der Waals surface area contributed by atoms with Gasteiger partial charge in [0.05, 0.1) is 25.2 Å². The van der Waals surface area contributed by atoms with Crippen molar-refractivity contribution in [3.05, 3.63) is 35.9 Å². The Labute approximate surface area is 228 Å². The molecule has 1 aliphatic heterocycles. The molecule has 0 saturated carbocycles. The Morgan fingerprint density at radius 1 is 0.711 bits per heavy atom. The van der Waals surface area contributed by atoms with Crippen molar-refractivity contribution in [3.63, 3.8) is 0 Å². The van der Waals surface area contributed by atoms with Crippen LogP contribution in [0.3, 0.4) is 0 Å². The first kappa shape index (κ1) is 31.7. The lowest BCUT2D eigenvalue weighted by atomic mass is 9.88. The first-order chi connectivity index (χ1) is 17.4. The second-order valence-corrected chi connectivity index (χ2v) is 13.0. The molecule has 0 aliphatic carbocycles. The number of nitrogens with zero attached hydrogens (tertiary/aromatic N) is 2. The molecule has 9 nitrogen and oxygen atoms in total. The Kier molecular flexibility index (Phi) is 10.5. The highest BCUT2D eigenvalue weighted by molar-refractivity contribution is 5.73. The van der Waals surface area contributed by atoms with Gasteiger partial charge in [-0.15, -0.1) is 0 Å². The quantitative estimate of drug-likeness (QED) is 0.399. The standard InChI is InChI=1S/C29H47N3O6/c1-26(2,3)36-23(33)17-30-29(22-13-11-10-12-14-22)20-31(18-24(34)37-27(4,5)6)15-16-32(21-29)19-25(35)38-28(7,8)9/h10-14,30H,15-21H2,1-9H3. The van der Waals surface area contributed by atoms with E-state index in [1.165, 1.54) is 0 Å². The molecule has 1 aromatic rings. The van der Waals surface area contributed by atoms with Crippen LogP contribution < -0.4 is 5.32 Å². The molecule has 2 rings (SSSR count). The number of benzene rings is 1. The second-order valence-electron chi connectivity index (χ2n) is 13.0. The Morgan fingerprint density at radius 2 is 1.11 bits per heavy atom. The van der Waals surface area contributed by atoms with Crippen molar-refractivity contribution >= 4 is 17.9 Å². The maximum Gasteiger partial charge on any atom is 0.320 e. The van der Waals surface area contributed by atoms with Crippen molar-refractivity contribution in [2.24, 2.45) is 0 Å². The van der Waals surface area contributed by atoms with Crippen LogP contribution in [0, 0.1) is 0 Å². The number of carbonyl (C=O) groups excluding carboxylic acids is 3. The van der Waals surface area contributed by atoms with E-state index in [9.17, 15) is 14.4 Å². The number of nitrogens with one attached hydrogen (secondary N) is 1. The zero-order valence-electron chi connectivity index (χ0n) is 24.7. The van der Waals surface area contributed by atoms with Crippen LogP contribution in [0.5, 0.6) is 0 Å². The van der Waals surface area contributed by atoms with Crippen LogP contribution in [0.2, 0.25) is 0 Å². The Balaban J connectivity index is 2.40. The molecule has 0 amide bonds. The molecule has 1 aromatic carbocycles. The van der Waals surface area contributed by atoms with E-state index < -0.39 is 22.3 Å². The minimum absolute atomic E-state index is 0.0350. The summed E-state index contributed by atoms with van der Waals surface area (Å²) < 4.78 is 16.7. The fourth-order valence-electron chi connectivity index (χ4n) is 4.41. The van der Waals surface area contributed by atoms with Gasteiger partial charge in [-0.3, -0.25) is 29.5 Å². The second kappa shape index (κ2) is 12.6. The molecule has 0 aromatic heterocycles. The van der Waals surface area contributed by atoms with Crippen molar-refractivity contribution in [2.75, 3.05) is 45.8 Å². The topological polar surface area (TPSA) is 97.4 Å². The molecule has 0 radical (unpaired) electrons. The van der Waals surface area contributed by atoms with Gasteiger partial charge in [0.2, 0.25) is 0 Å². The van der Waals surface area contributed by atoms with E-state index in [2.05, 4.69) is 5.32 Å². The minimum atomic E-state index is -0.779. The zero-order chi connectivity index (χ0) is 28.8. The van der Waals surface area contributed by atoms with Crippen molar-refractivity contribution in [1.29, 1.82) is 0 Å². The third-order valence-electron chi connectivity index (χ3n) is 5.58. The minimum Gasteiger partial charge on any atom is -0.459 e. The van der Waals surface area contributed by atoms with E-state index in [1.807, 2.05) is 102 Å². The molecule has 0 atom stereocenters. The number of hydrogen-bond donors (Lipinski definition) is 1. The Bertz CT molecular complexity index is 904. The van der Waals surface area contributed by atoms with Gasteiger partial charge in [0, 0.05) is 26.2 Å². The van der Waals surface area contributed by atoms with Crippen LogP contribution in [0.25, 0.3) is 0 Å². The SMILES string of the molecule is CC(C)(C)OC(=O)CNC1(c2ccccc2)CN(CC(=O)OC(C)(C)C)CCN(CC(=O)OC(C)(C)C)C1. The molecule has 1 fully saturated rings. The summed E-state index contributed by atoms with van der Waals surface area (Å²) in [4.78, 5) is 42.3. The van der Waals surface area contributed by atoms with E-state index in [4.69, 9.17) is 14.2 Å². The predicted octanol–water partition coefficient (Wildman–Crippen LogP) is 3.11. The zero-order valence-corrected chi connectivity index (χ0v) is 24.7. The Hall–Kier alpha value is -2.49. The molecular formula is C29H47N3O6. The maximum atomic E-state index is 12.8. The lowest BCUT2D eigenvalue weighted by molar-refractivity contribution is -0.157. The molecule has 1 saturated heterocycles. The molecule has 38 heavy (non-hydrogen) atoms. The molecule has 214 valence electrons. The molecule has 0 bridgehead atoms. The van der Waals surface area contributed by atoms with E-state index in [0.29, 0.717) is 26.2 Å². The van der Waals surface area contributed by atoms with Gasteiger partial charge in [-0.05, 0) is 67.9 Å². The van der Waals surface area contributed by atoms with Gasteiger partial charge < -0.3 is 14.2 Å². The monoisotopic (exact) mass is 533 g/mol. The van der Waals surface area contributed by atoms with E-state index in [1.54, 1.807) is 0 Å². The van der Waals surface area contributed by atoms with Crippen LogP contribution >= 0.6 is 0 Å². The summed E-state index contributed by atoms with van der Waals surface area (Å²) >= 11 is 0.